The second-order valence-corrected chi connectivity index (χ2v) is 8.25. The molecule has 2 rings (SSSR count). The number of halogens is 4. The Balaban J connectivity index is 0.000000553. The zero-order valence-corrected chi connectivity index (χ0v) is 17.0. The topological polar surface area (TPSA) is 107 Å². The van der Waals surface area contributed by atoms with Gasteiger partial charge in [0, 0.05) is 44.8 Å². The fraction of sp³-hybridized carbons (Fsp3) is 0.529. The van der Waals surface area contributed by atoms with E-state index in [-0.39, 0.29) is 18.2 Å². The highest BCUT2D eigenvalue weighted by atomic mass is 32.2. The van der Waals surface area contributed by atoms with Crippen molar-refractivity contribution in [3.63, 3.8) is 0 Å². The molecule has 30 heavy (non-hydrogen) atoms. The summed E-state index contributed by atoms with van der Waals surface area (Å²) in [7, 11) is -3.37. The number of piperazine rings is 1. The first-order chi connectivity index (χ1) is 13.9. The minimum Gasteiger partial charge on any atom is -0.475 e. The van der Waals surface area contributed by atoms with Gasteiger partial charge in [-0.25, -0.2) is 17.6 Å². The molecule has 0 aromatic heterocycles. The van der Waals surface area contributed by atoms with Crippen LogP contribution in [0.4, 0.5) is 17.6 Å². The lowest BCUT2D eigenvalue weighted by Crippen LogP contribution is -2.48. The number of hydrogen-bond donors (Lipinski definition) is 2. The summed E-state index contributed by atoms with van der Waals surface area (Å²) >= 11 is 0. The van der Waals surface area contributed by atoms with E-state index in [1.165, 1.54) is 33.5 Å². The lowest BCUT2D eigenvalue weighted by atomic mass is 10.2. The number of hydrogen-bond acceptors (Lipinski definition) is 5. The number of sulfonamides is 1. The number of nitrogens with one attached hydrogen (secondary N) is 1. The van der Waals surface area contributed by atoms with Gasteiger partial charge in [-0.2, -0.15) is 17.5 Å². The van der Waals surface area contributed by atoms with Gasteiger partial charge in [0.2, 0.25) is 10.0 Å². The number of carbonyl (C=O) groups is 2. The van der Waals surface area contributed by atoms with Crippen LogP contribution in [0.2, 0.25) is 0 Å². The van der Waals surface area contributed by atoms with E-state index in [1.54, 1.807) is 6.92 Å². The number of benzene rings is 1. The second-order valence-electron chi connectivity index (χ2n) is 6.16. The van der Waals surface area contributed by atoms with E-state index >= 15 is 0 Å². The first-order valence-corrected chi connectivity index (χ1v) is 10.5. The van der Waals surface area contributed by atoms with Gasteiger partial charge in [0.25, 0.3) is 5.91 Å². The minimum atomic E-state index is -5.08. The molecule has 0 unspecified atom stereocenters. The van der Waals surface area contributed by atoms with E-state index in [2.05, 4.69) is 5.32 Å². The van der Waals surface area contributed by atoms with E-state index in [9.17, 15) is 30.8 Å². The third kappa shape index (κ3) is 8.24. The molecule has 1 saturated heterocycles. The monoisotopic (exact) mass is 457 g/mol. The Morgan fingerprint density at radius 3 is 2.10 bits per heavy atom. The Bertz CT molecular complexity index is 810. The molecule has 0 saturated carbocycles. The van der Waals surface area contributed by atoms with Crippen molar-refractivity contribution in [2.45, 2.75) is 13.1 Å². The molecule has 0 spiro atoms. The van der Waals surface area contributed by atoms with Crippen LogP contribution in [0, 0.1) is 5.82 Å². The summed E-state index contributed by atoms with van der Waals surface area (Å²) in [6.07, 6.45) is -5.08. The Kier molecular flexibility index (Phi) is 9.65. The maximum absolute atomic E-state index is 12.9. The normalized spacial score (nSPS) is 15.1. The molecule has 1 heterocycles. The SMILES string of the molecule is CCN(CCS(=O)(=O)N1CCNCC1)C(=O)c1ccc(F)cc1.O=C(O)C(F)(F)F. The highest BCUT2D eigenvalue weighted by Crippen LogP contribution is 2.13. The fourth-order valence-corrected chi connectivity index (χ4v) is 3.90. The summed E-state index contributed by atoms with van der Waals surface area (Å²) in [6, 6.07) is 5.26. The zero-order valence-electron chi connectivity index (χ0n) is 16.2. The molecule has 1 aliphatic heterocycles. The Morgan fingerprint density at radius 2 is 1.67 bits per heavy atom. The van der Waals surface area contributed by atoms with Crippen molar-refractivity contribution in [3.05, 3.63) is 35.6 Å². The largest absolute Gasteiger partial charge is 0.490 e. The third-order valence-electron chi connectivity index (χ3n) is 4.09. The zero-order chi connectivity index (χ0) is 22.9. The Hall–Kier alpha value is -2.25. The van der Waals surface area contributed by atoms with Crippen LogP contribution >= 0.6 is 0 Å². The van der Waals surface area contributed by atoms with Crippen molar-refractivity contribution < 1.29 is 40.7 Å². The number of carbonyl (C=O) groups excluding carboxylic acids is 1. The summed E-state index contributed by atoms with van der Waals surface area (Å²) in [6.45, 7) is 4.52. The molecule has 0 bridgehead atoms. The number of carboxylic acids is 1. The van der Waals surface area contributed by atoms with Crippen LogP contribution < -0.4 is 5.32 Å². The van der Waals surface area contributed by atoms with Crippen LogP contribution in [-0.4, -0.2) is 85.8 Å². The van der Waals surface area contributed by atoms with Gasteiger partial charge in [0.1, 0.15) is 5.82 Å². The molecule has 0 aliphatic carbocycles. The van der Waals surface area contributed by atoms with Gasteiger partial charge in [-0.1, -0.05) is 0 Å². The summed E-state index contributed by atoms with van der Waals surface area (Å²) in [5.41, 5.74) is 0.354. The smallest absolute Gasteiger partial charge is 0.475 e. The maximum Gasteiger partial charge on any atom is 0.490 e. The number of nitrogens with zero attached hydrogens (tertiary/aromatic N) is 2. The van der Waals surface area contributed by atoms with Crippen molar-refractivity contribution in [1.29, 1.82) is 0 Å². The first-order valence-electron chi connectivity index (χ1n) is 8.92. The quantitative estimate of drug-likeness (QED) is 0.621. The van der Waals surface area contributed by atoms with Gasteiger partial charge in [0.05, 0.1) is 5.75 Å². The van der Waals surface area contributed by atoms with E-state index in [4.69, 9.17) is 9.90 Å². The van der Waals surface area contributed by atoms with Crippen molar-refractivity contribution in [3.8, 4) is 0 Å². The highest BCUT2D eigenvalue weighted by Gasteiger charge is 2.38. The standard InChI is InChI=1S/C15H22FN3O3S.C2HF3O2/c1-2-18(15(20)13-3-5-14(16)6-4-13)11-12-23(21,22)19-9-7-17-8-10-19;3-2(4,5)1(6)7/h3-6,17H,2,7-12H2,1H3;(H,6,7). The Labute approximate surface area is 171 Å². The highest BCUT2D eigenvalue weighted by molar-refractivity contribution is 7.89. The van der Waals surface area contributed by atoms with Gasteiger partial charge in [-0.05, 0) is 31.2 Å². The summed E-state index contributed by atoms with van der Waals surface area (Å²) in [5.74, 6) is -3.56. The summed E-state index contributed by atoms with van der Waals surface area (Å²) < 4.78 is 70.8. The van der Waals surface area contributed by atoms with Gasteiger partial charge < -0.3 is 15.3 Å². The second kappa shape index (κ2) is 11.2. The fourth-order valence-electron chi connectivity index (χ4n) is 2.46. The third-order valence-corrected chi connectivity index (χ3v) is 5.94. The molecule has 13 heteroatoms. The van der Waals surface area contributed by atoms with Crippen molar-refractivity contribution in [1.82, 2.24) is 14.5 Å². The number of amides is 1. The van der Waals surface area contributed by atoms with Crippen LogP contribution in [-0.2, 0) is 14.8 Å². The van der Waals surface area contributed by atoms with E-state index in [0.717, 1.165) is 0 Å². The lowest BCUT2D eigenvalue weighted by Gasteiger charge is -2.28. The van der Waals surface area contributed by atoms with Gasteiger partial charge >= 0.3 is 12.1 Å². The van der Waals surface area contributed by atoms with Crippen LogP contribution in [0.1, 0.15) is 17.3 Å². The average molecular weight is 457 g/mol. The molecule has 1 fully saturated rings. The predicted octanol–water partition coefficient (Wildman–Crippen LogP) is 1.16. The molecule has 1 aromatic rings. The van der Waals surface area contributed by atoms with E-state index < -0.39 is 28.0 Å². The Morgan fingerprint density at radius 1 is 1.17 bits per heavy atom. The van der Waals surface area contributed by atoms with Crippen LogP contribution in [0.5, 0.6) is 0 Å². The average Bonchev–Trinajstić information content (AvgIpc) is 2.69. The van der Waals surface area contributed by atoms with Gasteiger partial charge in [0.15, 0.2) is 0 Å². The van der Waals surface area contributed by atoms with Gasteiger partial charge in [-0.3, -0.25) is 4.79 Å². The van der Waals surface area contributed by atoms with Gasteiger partial charge in [-0.15, -0.1) is 0 Å². The molecule has 1 aromatic carbocycles. The number of rotatable bonds is 6. The van der Waals surface area contributed by atoms with Crippen molar-refractivity contribution >= 4 is 21.9 Å². The number of alkyl halides is 3. The molecule has 0 atom stereocenters. The van der Waals surface area contributed by atoms with Crippen LogP contribution in [0.25, 0.3) is 0 Å². The number of aliphatic carboxylic acids is 1. The molecular weight excluding hydrogens is 434 g/mol. The predicted molar refractivity (Wildman–Crippen MR) is 99.9 cm³/mol. The molecule has 170 valence electrons. The molecule has 2 N–H and O–H groups in total. The molecular formula is C17H23F4N3O5S. The molecule has 0 radical (unpaired) electrons. The van der Waals surface area contributed by atoms with Crippen LogP contribution in [0.3, 0.4) is 0 Å². The van der Waals surface area contributed by atoms with Crippen LogP contribution in [0.15, 0.2) is 24.3 Å². The molecule has 1 amide bonds. The van der Waals surface area contributed by atoms with E-state index in [1.807, 2.05) is 0 Å². The van der Waals surface area contributed by atoms with Crippen molar-refractivity contribution in [2.75, 3.05) is 45.0 Å². The first kappa shape index (κ1) is 25.8. The maximum atomic E-state index is 12.9. The van der Waals surface area contributed by atoms with E-state index in [0.29, 0.717) is 38.3 Å². The van der Waals surface area contributed by atoms with Crippen molar-refractivity contribution in [2.24, 2.45) is 0 Å². The number of carboxylic acid groups (broad SMARTS) is 1. The minimum absolute atomic E-state index is 0.103. The summed E-state index contributed by atoms with van der Waals surface area (Å²) in [5, 5.41) is 10.2. The molecule has 8 nitrogen and oxygen atoms in total. The lowest BCUT2D eigenvalue weighted by molar-refractivity contribution is -0.192. The molecule has 1 aliphatic rings. The summed E-state index contributed by atoms with van der Waals surface area (Å²) in [4.78, 5) is 22.7.